The first-order valence-corrected chi connectivity index (χ1v) is 11.0. The van der Waals surface area contributed by atoms with Crippen LogP contribution < -0.4 is 15.4 Å². The summed E-state index contributed by atoms with van der Waals surface area (Å²) in [5.74, 6) is -1.23. The fraction of sp³-hybridized carbons (Fsp3) is 0.167. The molecule has 2 N–H and O–H groups in total. The molecule has 0 aliphatic rings. The zero-order valence-electron chi connectivity index (χ0n) is 17.9. The predicted octanol–water partition coefficient (Wildman–Crippen LogP) is 6.23. The van der Waals surface area contributed by atoms with Gasteiger partial charge in [0.05, 0.1) is 23.9 Å². The number of ether oxygens (including phenoxy) is 1. The molecule has 0 saturated heterocycles. The first-order chi connectivity index (χ1) is 16.2. The van der Waals surface area contributed by atoms with Gasteiger partial charge in [-0.1, -0.05) is 12.1 Å². The highest BCUT2D eigenvalue weighted by Crippen LogP contribution is 2.37. The lowest BCUT2D eigenvalue weighted by atomic mass is 10.1. The first kappa shape index (κ1) is 25.1. The van der Waals surface area contributed by atoms with Crippen LogP contribution in [0.1, 0.15) is 22.3 Å². The van der Waals surface area contributed by atoms with Crippen molar-refractivity contribution < 1.29 is 31.9 Å². The lowest BCUT2D eigenvalue weighted by Gasteiger charge is -2.16. The van der Waals surface area contributed by atoms with Crippen molar-refractivity contribution in [2.45, 2.75) is 17.5 Å². The number of hydrogen-bond acceptors (Lipinski definition) is 4. The molecule has 0 aliphatic carbocycles. The number of rotatable bonds is 8. The Morgan fingerprint density at radius 2 is 1.68 bits per heavy atom. The van der Waals surface area contributed by atoms with Crippen LogP contribution in [0.5, 0.6) is 5.75 Å². The highest BCUT2D eigenvalue weighted by Gasteiger charge is 2.34. The maximum atomic E-state index is 13.8. The van der Waals surface area contributed by atoms with Crippen LogP contribution in [0, 0.1) is 5.82 Å². The highest BCUT2D eigenvalue weighted by molar-refractivity contribution is 7.99. The highest BCUT2D eigenvalue weighted by atomic mass is 32.2. The number of amides is 2. The van der Waals surface area contributed by atoms with E-state index in [2.05, 4.69) is 10.6 Å². The van der Waals surface area contributed by atoms with Crippen molar-refractivity contribution >= 4 is 35.0 Å². The molecule has 34 heavy (non-hydrogen) atoms. The van der Waals surface area contributed by atoms with Crippen molar-refractivity contribution in [3.05, 3.63) is 83.7 Å². The number of thioether (sulfide) groups is 1. The fourth-order valence-electron chi connectivity index (χ4n) is 2.96. The molecular weight excluding hydrogens is 472 g/mol. The summed E-state index contributed by atoms with van der Waals surface area (Å²) < 4.78 is 59.6. The quantitative estimate of drug-likeness (QED) is 0.289. The smallest absolute Gasteiger partial charge is 0.418 e. The number of benzene rings is 3. The third kappa shape index (κ3) is 6.74. The molecule has 0 unspecified atom stereocenters. The van der Waals surface area contributed by atoms with E-state index in [1.54, 1.807) is 19.2 Å². The van der Waals surface area contributed by atoms with Gasteiger partial charge < -0.3 is 15.4 Å². The Balaban J connectivity index is 1.65. The van der Waals surface area contributed by atoms with E-state index < -0.39 is 35.1 Å². The van der Waals surface area contributed by atoms with E-state index in [-0.39, 0.29) is 17.7 Å². The number of carbonyl (C=O) groups is 2. The molecule has 0 bridgehead atoms. The largest absolute Gasteiger partial charge is 0.497 e. The van der Waals surface area contributed by atoms with Gasteiger partial charge in [-0.3, -0.25) is 9.59 Å². The lowest BCUT2D eigenvalue weighted by molar-refractivity contribution is -0.136. The van der Waals surface area contributed by atoms with Crippen LogP contribution in [0.25, 0.3) is 0 Å². The molecule has 0 saturated carbocycles. The minimum atomic E-state index is -4.79. The van der Waals surface area contributed by atoms with E-state index in [4.69, 9.17) is 4.74 Å². The molecule has 2 amide bonds. The van der Waals surface area contributed by atoms with Gasteiger partial charge in [0.2, 0.25) is 5.91 Å². The van der Waals surface area contributed by atoms with E-state index in [1.807, 2.05) is 12.1 Å². The van der Waals surface area contributed by atoms with Crippen molar-refractivity contribution in [2.75, 3.05) is 23.5 Å². The van der Waals surface area contributed by atoms with Gasteiger partial charge in [0.15, 0.2) is 0 Å². The molecule has 3 aromatic carbocycles. The molecule has 0 aliphatic heterocycles. The molecule has 3 aromatic rings. The Labute approximate surface area is 197 Å². The van der Waals surface area contributed by atoms with Crippen molar-refractivity contribution in [3.8, 4) is 5.75 Å². The third-order valence-electron chi connectivity index (χ3n) is 4.63. The minimum Gasteiger partial charge on any atom is -0.497 e. The van der Waals surface area contributed by atoms with E-state index in [9.17, 15) is 27.2 Å². The van der Waals surface area contributed by atoms with Gasteiger partial charge in [-0.25, -0.2) is 4.39 Å². The molecule has 0 radical (unpaired) electrons. The van der Waals surface area contributed by atoms with E-state index in [0.717, 1.165) is 17.0 Å². The Kier molecular flexibility index (Phi) is 8.17. The molecular formula is C24H20F4N2O3S. The standard InChI is InChI=1S/C24H20F4N2O3S/c1-33-16-7-9-17(10-8-16)34-13-12-22(31)30-21-11-6-15(14-19(21)24(26,27)28)29-23(32)18-4-2-3-5-20(18)25/h2-11,14H,12-13H2,1H3,(H,29,32)(H,30,31). The summed E-state index contributed by atoms with van der Waals surface area (Å²) >= 11 is 1.38. The lowest BCUT2D eigenvalue weighted by Crippen LogP contribution is -2.18. The number of alkyl halides is 3. The van der Waals surface area contributed by atoms with Gasteiger partial charge in [-0.2, -0.15) is 13.2 Å². The third-order valence-corrected chi connectivity index (χ3v) is 5.65. The van der Waals surface area contributed by atoms with Crippen LogP contribution in [-0.4, -0.2) is 24.7 Å². The Morgan fingerprint density at radius 3 is 2.32 bits per heavy atom. The second kappa shape index (κ2) is 11.1. The summed E-state index contributed by atoms with van der Waals surface area (Å²) in [5, 5.41) is 4.53. The summed E-state index contributed by atoms with van der Waals surface area (Å²) in [4.78, 5) is 25.4. The maximum absolute atomic E-state index is 13.8. The number of nitrogens with one attached hydrogen (secondary N) is 2. The van der Waals surface area contributed by atoms with Crippen molar-refractivity contribution in [1.29, 1.82) is 0 Å². The van der Waals surface area contributed by atoms with Crippen molar-refractivity contribution in [3.63, 3.8) is 0 Å². The molecule has 0 atom stereocenters. The summed E-state index contributed by atoms with van der Waals surface area (Å²) in [7, 11) is 1.55. The normalized spacial score (nSPS) is 11.1. The van der Waals surface area contributed by atoms with Gasteiger partial charge in [-0.15, -0.1) is 11.8 Å². The summed E-state index contributed by atoms with van der Waals surface area (Å²) in [6.45, 7) is 0. The first-order valence-electron chi connectivity index (χ1n) is 10.0. The van der Waals surface area contributed by atoms with Crippen LogP contribution in [0.3, 0.4) is 0 Å². The van der Waals surface area contributed by atoms with E-state index in [0.29, 0.717) is 17.6 Å². The van der Waals surface area contributed by atoms with Crippen LogP contribution in [0.2, 0.25) is 0 Å². The number of halogens is 4. The average Bonchev–Trinajstić information content (AvgIpc) is 2.80. The zero-order chi connectivity index (χ0) is 24.7. The molecule has 0 fully saturated rings. The number of methoxy groups -OCH3 is 1. The zero-order valence-corrected chi connectivity index (χ0v) is 18.7. The number of anilines is 2. The number of carbonyl (C=O) groups excluding carboxylic acids is 2. The van der Waals surface area contributed by atoms with Gasteiger partial charge >= 0.3 is 6.18 Å². The minimum absolute atomic E-state index is 0.0141. The molecule has 5 nitrogen and oxygen atoms in total. The summed E-state index contributed by atoms with van der Waals surface area (Å²) in [5.41, 5.74) is -2.05. The fourth-order valence-corrected chi connectivity index (χ4v) is 3.81. The molecule has 3 rings (SSSR count). The predicted molar refractivity (Wildman–Crippen MR) is 123 cm³/mol. The van der Waals surface area contributed by atoms with E-state index in [1.165, 1.54) is 36.0 Å². The molecule has 0 aromatic heterocycles. The van der Waals surface area contributed by atoms with Crippen LogP contribution in [-0.2, 0) is 11.0 Å². The maximum Gasteiger partial charge on any atom is 0.418 e. The second-order valence-electron chi connectivity index (χ2n) is 7.01. The van der Waals surface area contributed by atoms with Gasteiger partial charge in [0.25, 0.3) is 5.91 Å². The Morgan fingerprint density at radius 1 is 0.971 bits per heavy atom. The molecule has 10 heteroatoms. The van der Waals surface area contributed by atoms with Crippen molar-refractivity contribution in [2.24, 2.45) is 0 Å². The monoisotopic (exact) mass is 492 g/mol. The number of hydrogen-bond donors (Lipinski definition) is 2. The van der Waals surface area contributed by atoms with Gasteiger partial charge in [0, 0.05) is 22.8 Å². The molecule has 0 heterocycles. The Bertz CT molecular complexity index is 1170. The van der Waals surface area contributed by atoms with Crippen LogP contribution in [0.15, 0.2) is 71.6 Å². The average molecular weight is 492 g/mol. The Hall–Kier alpha value is -3.53. The van der Waals surface area contributed by atoms with Gasteiger partial charge in [-0.05, 0) is 54.6 Å². The molecule has 0 spiro atoms. The van der Waals surface area contributed by atoms with Crippen molar-refractivity contribution in [1.82, 2.24) is 0 Å². The SMILES string of the molecule is COc1ccc(SCCC(=O)Nc2ccc(NC(=O)c3ccccc3F)cc2C(F)(F)F)cc1. The van der Waals surface area contributed by atoms with Crippen LogP contribution in [0.4, 0.5) is 28.9 Å². The summed E-state index contributed by atoms with van der Waals surface area (Å²) in [6, 6.07) is 15.2. The topological polar surface area (TPSA) is 67.4 Å². The second-order valence-corrected chi connectivity index (χ2v) is 8.18. The van der Waals surface area contributed by atoms with Crippen LogP contribution >= 0.6 is 11.8 Å². The van der Waals surface area contributed by atoms with Gasteiger partial charge in [0.1, 0.15) is 11.6 Å². The van der Waals surface area contributed by atoms with E-state index >= 15 is 0 Å². The molecule has 178 valence electrons. The summed E-state index contributed by atoms with van der Waals surface area (Å²) in [6.07, 6.45) is -4.81.